The Morgan fingerprint density at radius 2 is 2.00 bits per heavy atom. The maximum atomic E-state index is 12.0. The Balaban J connectivity index is 2.87. The number of aliphatic carboxylic acids is 1. The maximum absolute atomic E-state index is 12.0. The van der Waals surface area contributed by atoms with Crippen molar-refractivity contribution in [2.45, 2.75) is 45.6 Å². The summed E-state index contributed by atoms with van der Waals surface area (Å²) in [6, 6.07) is 1.70. The van der Waals surface area contributed by atoms with E-state index in [0.717, 1.165) is 5.56 Å². The second-order valence-corrected chi connectivity index (χ2v) is 4.44. The number of aryl methyl sites for hydroxylation is 1. The predicted octanol–water partition coefficient (Wildman–Crippen LogP) is 2.35. The van der Waals surface area contributed by atoms with Crippen molar-refractivity contribution in [1.29, 1.82) is 0 Å². The van der Waals surface area contributed by atoms with Gasteiger partial charge in [0.15, 0.2) is 5.76 Å². The average molecular weight is 253 g/mol. The lowest BCUT2D eigenvalue weighted by molar-refractivity contribution is -0.138. The van der Waals surface area contributed by atoms with Crippen LogP contribution in [0.3, 0.4) is 0 Å². The molecule has 0 aliphatic carbocycles. The van der Waals surface area contributed by atoms with Gasteiger partial charge in [-0.05, 0) is 25.8 Å². The first-order valence-electron chi connectivity index (χ1n) is 6.02. The van der Waals surface area contributed by atoms with Gasteiger partial charge in [-0.1, -0.05) is 13.8 Å². The summed E-state index contributed by atoms with van der Waals surface area (Å²) in [4.78, 5) is 22.9. The van der Waals surface area contributed by atoms with E-state index in [0.29, 0.717) is 12.8 Å². The average Bonchev–Trinajstić information content (AvgIpc) is 2.74. The molecule has 0 spiro atoms. The molecule has 2 N–H and O–H groups in total. The van der Waals surface area contributed by atoms with Gasteiger partial charge in [-0.25, -0.2) is 0 Å². The quantitative estimate of drug-likeness (QED) is 0.815. The highest BCUT2D eigenvalue weighted by Crippen LogP contribution is 2.21. The van der Waals surface area contributed by atoms with Gasteiger partial charge >= 0.3 is 5.97 Å². The Kier molecular flexibility index (Phi) is 4.53. The summed E-state index contributed by atoms with van der Waals surface area (Å²) in [6.45, 7) is 5.50. The number of hydrogen-bond donors (Lipinski definition) is 2. The molecule has 1 heterocycles. The van der Waals surface area contributed by atoms with Gasteiger partial charge in [0.05, 0.1) is 18.2 Å². The number of rotatable bonds is 6. The van der Waals surface area contributed by atoms with Crippen LogP contribution in [0.15, 0.2) is 16.7 Å². The lowest BCUT2D eigenvalue weighted by atomic mass is 9.88. The number of amides is 1. The number of hydrogen-bond acceptors (Lipinski definition) is 3. The predicted molar refractivity (Wildman–Crippen MR) is 66.5 cm³/mol. The van der Waals surface area contributed by atoms with Crippen molar-refractivity contribution in [2.75, 3.05) is 0 Å². The van der Waals surface area contributed by atoms with Gasteiger partial charge in [-0.15, -0.1) is 0 Å². The summed E-state index contributed by atoms with van der Waals surface area (Å²) < 4.78 is 5.11. The number of furan rings is 1. The van der Waals surface area contributed by atoms with E-state index < -0.39 is 11.5 Å². The minimum Gasteiger partial charge on any atom is -0.481 e. The normalized spacial score (nSPS) is 11.3. The van der Waals surface area contributed by atoms with E-state index in [1.54, 1.807) is 13.0 Å². The monoisotopic (exact) mass is 253 g/mol. The fraction of sp³-hybridized carbons (Fsp3) is 0.538. The first-order chi connectivity index (χ1) is 8.44. The molecule has 5 heteroatoms. The molecule has 1 rings (SSSR count). The zero-order chi connectivity index (χ0) is 13.8. The Labute approximate surface area is 106 Å². The van der Waals surface area contributed by atoms with Gasteiger partial charge in [0, 0.05) is 5.56 Å². The van der Waals surface area contributed by atoms with E-state index >= 15 is 0 Å². The third kappa shape index (κ3) is 3.12. The molecule has 5 nitrogen and oxygen atoms in total. The summed E-state index contributed by atoms with van der Waals surface area (Å²) in [5.41, 5.74) is 0.0197. The minimum absolute atomic E-state index is 0.0918. The summed E-state index contributed by atoms with van der Waals surface area (Å²) in [5.74, 6) is -1.04. The number of carboxylic acids is 1. The zero-order valence-electron chi connectivity index (χ0n) is 10.9. The first-order valence-corrected chi connectivity index (χ1v) is 6.02. The number of carbonyl (C=O) groups excluding carboxylic acids is 1. The summed E-state index contributed by atoms with van der Waals surface area (Å²) >= 11 is 0. The van der Waals surface area contributed by atoms with E-state index in [4.69, 9.17) is 9.52 Å². The summed E-state index contributed by atoms with van der Waals surface area (Å²) in [5, 5.41) is 11.7. The van der Waals surface area contributed by atoms with E-state index in [-0.39, 0.29) is 18.1 Å². The molecule has 0 bridgehead atoms. The van der Waals surface area contributed by atoms with Crippen molar-refractivity contribution in [3.8, 4) is 0 Å². The molecule has 1 amide bonds. The maximum Gasteiger partial charge on any atom is 0.305 e. The Hall–Kier alpha value is -1.78. The SMILES string of the molecule is CCC(CC)(CC(=O)O)NC(=O)c1occc1C. The Bertz CT molecular complexity index is 432. The highest BCUT2D eigenvalue weighted by molar-refractivity contribution is 5.93. The molecule has 18 heavy (non-hydrogen) atoms. The van der Waals surface area contributed by atoms with Crippen LogP contribution in [0.2, 0.25) is 0 Å². The second-order valence-electron chi connectivity index (χ2n) is 4.44. The molecule has 0 aliphatic heterocycles. The van der Waals surface area contributed by atoms with Crippen LogP contribution in [0.4, 0.5) is 0 Å². The van der Waals surface area contributed by atoms with Crippen LogP contribution < -0.4 is 5.32 Å². The molecule has 0 unspecified atom stereocenters. The molecule has 1 aromatic heterocycles. The Morgan fingerprint density at radius 3 is 2.39 bits per heavy atom. The van der Waals surface area contributed by atoms with Crippen LogP contribution in [0.1, 0.15) is 49.2 Å². The highest BCUT2D eigenvalue weighted by Gasteiger charge is 2.32. The fourth-order valence-electron chi connectivity index (χ4n) is 1.91. The van der Waals surface area contributed by atoms with E-state index in [1.807, 2.05) is 13.8 Å². The fourth-order valence-corrected chi connectivity index (χ4v) is 1.91. The number of carbonyl (C=O) groups is 2. The van der Waals surface area contributed by atoms with Gasteiger partial charge < -0.3 is 14.8 Å². The molecule has 0 radical (unpaired) electrons. The van der Waals surface area contributed by atoms with E-state index in [1.165, 1.54) is 6.26 Å². The van der Waals surface area contributed by atoms with Gasteiger partial charge in [0.2, 0.25) is 0 Å². The molecular formula is C13H19NO4. The second kappa shape index (κ2) is 5.71. The van der Waals surface area contributed by atoms with E-state index in [9.17, 15) is 9.59 Å². The molecule has 0 aliphatic rings. The van der Waals surface area contributed by atoms with Gasteiger partial charge in [-0.3, -0.25) is 9.59 Å². The highest BCUT2D eigenvalue weighted by atomic mass is 16.4. The zero-order valence-corrected chi connectivity index (χ0v) is 10.9. The van der Waals surface area contributed by atoms with Gasteiger partial charge in [0.1, 0.15) is 0 Å². The van der Waals surface area contributed by atoms with Crippen molar-refractivity contribution in [1.82, 2.24) is 5.32 Å². The third-order valence-corrected chi connectivity index (χ3v) is 3.29. The van der Waals surface area contributed by atoms with Crippen molar-refractivity contribution < 1.29 is 19.1 Å². The van der Waals surface area contributed by atoms with Crippen LogP contribution in [-0.2, 0) is 4.79 Å². The van der Waals surface area contributed by atoms with Crippen molar-refractivity contribution in [3.05, 3.63) is 23.7 Å². The van der Waals surface area contributed by atoms with E-state index in [2.05, 4.69) is 5.32 Å². The van der Waals surface area contributed by atoms with Crippen LogP contribution in [0, 0.1) is 6.92 Å². The lowest BCUT2D eigenvalue weighted by Gasteiger charge is -2.31. The molecule has 100 valence electrons. The van der Waals surface area contributed by atoms with Gasteiger partial charge in [0.25, 0.3) is 5.91 Å². The summed E-state index contributed by atoms with van der Waals surface area (Å²) in [7, 11) is 0. The molecule has 1 aromatic rings. The lowest BCUT2D eigenvalue weighted by Crippen LogP contribution is -2.49. The minimum atomic E-state index is -0.921. The number of carboxylic acid groups (broad SMARTS) is 1. The third-order valence-electron chi connectivity index (χ3n) is 3.29. The largest absolute Gasteiger partial charge is 0.481 e. The van der Waals surface area contributed by atoms with Crippen LogP contribution in [0.5, 0.6) is 0 Å². The summed E-state index contributed by atoms with van der Waals surface area (Å²) in [6.07, 6.45) is 2.47. The van der Waals surface area contributed by atoms with Crippen LogP contribution in [0.25, 0.3) is 0 Å². The van der Waals surface area contributed by atoms with Crippen LogP contribution >= 0.6 is 0 Å². The van der Waals surface area contributed by atoms with Crippen molar-refractivity contribution >= 4 is 11.9 Å². The molecule has 0 aromatic carbocycles. The van der Waals surface area contributed by atoms with Crippen molar-refractivity contribution in [2.24, 2.45) is 0 Å². The molecule has 0 saturated carbocycles. The Morgan fingerprint density at radius 1 is 1.39 bits per heavy atom. The topological polar surface area (TPSA) is 79.5 Å². The molecule has 0 saturated heterocycles. The van der Waals surface area contributed by atoms with Crippen LogP contribution in [-0.4, -0.2) is 22.5 Å². The number of nitrogens with one attached hydrogen (secondary N) is 1. The smallest absolute Gasteiger partial charge is 0.305 e. The van der Waals surface area contributed by atoms with Gasteiger partial charge in [-0.2, -0.15) is 0 Å². The molecule has 0 atom stereocenters. The van der Waals surface area contributed by atoms with Crippen molar-refractivity contribution in [3.63, 3.8) is 0 Å². The standard InChI is InChI=1S/C13H19NO4/c1-4-13(5-2,8-10(15)16)14-12(17)11-9(3)6-7-18-11/h6-7H,4-5,8H2,1-3H3,(H,14,17)(H,15,16). The molecule has 0 fully saturated rings. The first kappa shape index (κ1) is 14.3. The molecular weight excluding hydrogens is 234 g/mol.